The van der Waals surface area contributed by atoms with Gasteiger partial charge in [-0.15, -0.1) is 24.0 Å². The molecule has 0 unspecified atom stereocenters. The summed E-state index contributed by atoms with van der Waals surface area (Å²) in [6, 6.07) is 2.53. The molecular formula is C18H33IN4O. The van der Waals surface area contributed by atoms with Crippen molar-refractivity contribution >= 4 is 29.9 Å². The molecule has 2 rings (SSSR count). The van der Waals surface area contributed by atoms with Crippen LogP contribution in [0.2, 0.25) is 0 Å². The van der Waals surface area contributed by atoms with Crippen molar-refractivity contribution in [3.8, 4) is 0 Å². The fourth-order valence-electron chi connectivity index (χ4n) is 3.27. The number of aliphatic imine (C=N–C) groups is 1. The molecule has 138 valence electrons. The minimum Gasteiger partial charge on any atom is -0.359 e. The lowest BCUT2D eigenvalue weighted by Gasteiger charge is -2.30. The molecule has 0 bridgehead atoms. The molecule has 0 amide bonds. The van der Waals surface area contributed by atoms with Gasteiger partial charge >= 0.3 is 0 Å². The van der Waals surface area contributed by atoms with Crippen LogP contribution in [0.5, 0.6) is 0 Å². The van der Waals surface area contributed by atoms with Crippen LogP contribution in [-0.2, 0) is 13.0 Å². The van der Waals surface area contributed by atoms with E-state index in [0.717, 1.165) is 36.3 Å². The van der Waals surface area contributed by atoms with E-state index in [0.29, 0.717) is 12.6 Å². The highest BCUT2D eigenvalue weighted by molar-refractivity contribution is 14.0. The van der Waals surface area contributed by atoms with Crippen LogP contribution >= 0.6 is 24.0 Å². The molecule has 1 aliphatic carbocycles. The standard InChI is InChI=1S/C18H32N4O.HI/c1-4-7-14-8-10-16(11-9-14)21-18(19-6-3)20-13-17-12-15(5-2)22-23-17;/h12,14,16H,4-11,13H2,1-3H3,(H2,19,20,21);1H. The first kappa shape index (κ1) is 21.3. The second-order valence-corrected chi connectivity index (χ2v) is 6.48. The molecule has 1 aliphatic rings. The molecule has 2 N–H and O–H groups in total. The lowest BCUT2D eigenvalue weighted by molar-refractivity contribution is 0.294. The number of hydrogen-bond acceptors (Lipinski definition) is 3. The topological polar surface area (TPSA) is 62.5 Å². The van der Waals surface area contributed by atoms with Crippen LogP contribution in [0.25, 0.3) is 0 Å². The Morgan fingerprint density at radius 3 is 2.58 bits per heavy atom. The Balaban J connectivity index is 0.00000288. The van der Waals surface area contributed by atoms with Gasteiger partial charge in [-0.25, -0.2) is 4.99 Å². The number of hydrogen-bond donors (Lipinski definition) is 2. The van der Waals surface area contributed by atoms with Crippen LogP contribution in [0.1, 0.15) is 70.8 Å². The van der Waals surface area contributed by atoms with Crippen molar-refractivity contribution in [1.82, 2.24) is 15.8 Å². The van der Waals surface area contributed by atoms with Gasteiger partial charge in [-0.1, -0.05) is 31.8 Å². The van der Waals surface area contributed by atoms with Crippen molar-refractivity contribution in [1.29, 1.82) is 0 Å². The molecule has 0 radical (unpaired) electrons. The minimum atomic E-state index is 0. The van der Waals surface area contributed by atoms with Gasteiger partial charge in [-0.05, 0) is 44.9 Å². The SMILES string of the molecule is CCCC1CCC(NC(=NCc2cc(CC)no2)NCC)CC1.I. The Morgan fingerprint density at radius 1 is 1.25 bits per heavy atom. The van der Waals surface area contributed by atoms with Crippen molar-refractivity contribution < 1.29 is 4.52 Å². The first-order valence-electron chi connectivity index (χ1n) is 9.24. The molecule has 24 heavy (non-hydrogen) atoms. The van der Waals surface area contributed by atoms with E-state index in [1.54, 1.807) is 0 Å². The van der Waals surface area contributed by atoms with E-state index in [9.17, 15) is 0 Å². The van der Waals surface area contributed by atoms with Crippen molar-refractivity contribution in [2.75, 3.05) is 6.54 Å². The largest absolute Gasteiger partial charge is 0.359 e. The first-order valence-corrected chi connectivity index (χ1v) is 9.24. The molecule has 1 saturated carbocycles. The maximum atomic E-state index is 5.30. The van der Waals surface area contributed by atoms with Crippen molar-refractivity contribution in [3.63, 3.8) is 0 Å². The Hall–Kier alpha value is -0.790. The van der Waals surface area contributed by atoms with E-state index in [2.05, 4.69) is 41.6 Å². The van der Waals surface area contributed by atoms with Crippen molar-refractivity contribution in [2.45, 2.75) is 78.3 Å². The summed E-state index contributed by atoms with van der Waals surface area (Å²) in [6.07, 6.45) is 8.76. The average molecular weight is 448 g/mol. The number of nitrogens with one attached hydrogen (secondary N) is 2. The van der Waals surface area contributed by atoms with E-state index in [1.165, 1.54) is 38.5 Å². The van der Waals surface area contributed by atoms with E-state index in [4.69, 9.17) is 4.52 Å². The van der Waals surface area contributed by atoms with E-state index < -0.39 is 0 Å². The van der Waals surface area contributed by atoms with Crippen LogP contribution in [-0.4, -0.2) is 23.7 Å². The normalized spacial score (nSPS) is 21.2. The van der Waals surface area contributed by atoms with Gasteiger partial charge in [0, 0.05) is 18.7 Å². The maximum absolute atomic E-state index is 5.30. The Morgan fingerprint density at radius 2 is 2.00 bits per heavy atom. The van der Waals surface area contributed by atoms with Crippen LogP contribution in [0, 0.1) is 5.92 Å². The van der Waals surface area contributed by atoms with Gasteiger partial charge in [-0.3, -0.25) is 0 Å². The highest BCUT2D eigenvalue weighted by atomic mass is 127. The predicted molar refractivity (Wildman–Crippen MR) is 110 cm³/mol. The zero-order valence-corrected chi connectivity index (χ0v) is 17.6. The lowest BCUT2D eigenvalue weighted by Crippen LogP contribution is -2.44. The van der Waals surface area contributed by atoms with Crippen LogP contribution in [0.15, 0.2) is 15.6 Å². The van der Waals surface area contributed by atoms with Gasteiger partial charge in [0.15, 0.2) is 11.7 Å². The number of aromatic nitrogens is 1. The second-order valence-electron chi connectivity index (χ2n) is 6.48. The molecule has 1 fully saturated rings. The summed E-state index contributed by atoms with van der Waals surface area (Å²) in [7, 11) is 0. The highest BCUT2D eigenvalue weighted by Crippen LogP contribution is 2.27. The molecule has 1 heterocycles. The molecular weight excluding hydrogens is 415 g/mol. The molecule has 6 heteroatoms. The molecule has 0 spiro atoms. The molecule has 1 aromatic rings. The van der Waals surface area contributed by atoms with E-state index >= 15 is 0 Å². The summed E-state index contributed by atoms with van der Waals surface area (Å²) in [6.45, 7) is 7.86. The zero-order valence-electron chi connectivity index (χ0n) is 15.3. The van der Waals surface area contributed by atoms with Crippen LogP contribution in [0.4, 0.5) is 0 Å². The van der Waals surface area contributed by atoms with Crippen molar-refractivity contribution in [3.05, 3.63) is 17.5 Å². The van der Waals surface area contributed by atoms with Crippen LogP contribution in [0.3, 0.4) is 0 Å². The fourth-order valence-corrected chi connectivity index (χ4v) is 3.27. The smallest absolute Gasteiger partial charge is 0.191 e. The van der Waals surface area contributed by atoms with Crippen molar-refractivity contribution in [2.24, 2.45) is 10.9 Å². The zero-order chi connectivity index (χ0) is 16.5. The lowest BCUT2D eigenvalue weighted by atomic mass is 9.83. The van der Waals surface area contributed by atoms with E-state index in [-0.39, 0.29) is 24.0 Å². The molecule has 5 nitrogen and oxygen atoms in total. The van der Waals surface area contributed by atoms with Gasteiger partial charge < -0.3 is 15.2 Å². The third-order valence-electron chi connectivity index (χ3n) is 4.59. The summed E-state index contributed by atoms with van der Waals surface area (Å²) in [5.74, 6) is 2.64. The molecule has 0 atom stereocenters. The number of halogens is 1. The van der Waals surface area contributed by atoms with E-state index in [1.807, 2.05) is 6.07 Å². The van der Waals surface area contributed by atoms with Gasteiger partial charge in [0.1, 0.15) is 6.54 Å². The van der Waals surface area contributed by atoms with Gasteiger partial charge in [0.25, 0.3) is 0 Å². The Bertz CT molecular complexity index is 481. The molecule has 0 aromatic carbocycles. The summed E-state index contributed by atoms with van der Waals surface area (Å²) in [5.41, 5.74) is 0.988. The van der Waals surface area contributed by atoms with Crippen LogP contribution < -0.4 is 10.6 Å². The summed E-state index contributed by atoms with van der Waals surface area (Å²) >= 11 is 0. The summed E-state index contributed by atoms with van der Waals surface area (Å²) < 4.78 is 5.30. The molecule has 0 saturated heterocycles. The Labute approximate surface area is 163 Å². The summed E-state index contributed by atoms with van der Waals surface area (Å²) in [4.78, 5) is 4.64. The molecule has 0 aliphatic heterocycles. The van der Waals surface area contributed by atoms with Gasteiger partial charge in [0.05, 0.1) is 5.69 Å². The first-order chi connectivity index (χ1) is 11.2. The number of rotatable bonds is 7. The second kappa shape index (κ2) is 11.7. The monoisotopic (exact) mass is 448 g/mol. The van der Waals surface area contributed by atoms with Gasteiger partial charge in [-0.2, -0.15) is 0 Å². The minimum absolute atomic E-state index is 0. The maximum Gasteiger partial charge on any atom is 0.191 e. The molecule has 1 aromatic heterocycles. The number of guanidine groups is 1. The van der Waals surface area contributed by atoms with Gasteiger partial charge in [0.2, 0.25) is 0 Å². The average Bonchev–Trinajstić information content (AvgIpc) is 3.03. The third kappa shape index (κ3) is 6.99. The summed E-state index contributed by atoms with van der Waals surface area (Å²) in [5, 5.41) is 10.9. The number of nitrogens with zero attached hydrogens (tertiary/aromatic N) is 2. The predicted octanol–water partition coefficient (Wildman–Crippen LogP) is 4.27. The number of aryl methyl sites for hydroxylation is 1. The quantitative estimate of drug-likeness (QED) is 0.372. The highest BCUT2D eigenvalue weighted by Gasteiger charge is 2.21. The third-order valence-corrected chi connectivity index (χ3v) is 4.59. The Kier molecular flexibility index (Phi) is 10.4. The fraction of sp³-hybridized carbons (Fsp3) is 0.778.